The van der Waals surface area contributed by atoms with Crippen LogP contribution in [0.4, 0.5) is 0 Å². The van der Waals surface area contributed by atoms with Gasteiger partial charge >= 0.3 is 19.5 Å². The molecule has 0 aliphatic carbocycles. The van der Waals surface area contributed by atoms with Crippen LogP contribution in [0.15, 0.2) is 124 Å². The first-order valence-electron chi connectivity index (χ1n) is 14.2. The van der Waals surface area contributed by atoms with Crippen molar-refractivity contribution >= 4 is 32.8 Å². The van der Waals surface area contributed by atoms with E-state index in [1.165, 1.54) is 0 Å². The first kappa shape index (κ1) is 34.1. The van der Waals surface area contributed by atoms with E-state index in [4.69, 9.17) is 4.98 Å². The largest absolute Gasteiger partial charge is 3.00 e. The molecule has 9 aromatic rings. The number of H-pyrrole nitrogens is 2. The van der Waals surface area contributed by atoms with Gasteiger partial charge in [-0.15, -0.1) is 0 Å². The van der Waals surface area contributed by atoms with Gasteiger partial charge in [0.15, 0.2) is 5.82 Å². The van der Waals surface area contributed by atoms with E-state index < -0.39 is 0 Å². The number of pyridine rings is 2. The molecular formula is C32H34N14Ru+3. The summed E-state index contributed by atoms with van der Waals surface area (Å²) < 4.78 is 7.56. The van der Waals surface area contributed by atoms with Gasteiger partial charge in [0.25, 0.3) is 0 Å². The van der Waals surface area contributed by atoms with Crippen LogP contribution in [0.3, 0.4) is 0 Å². The number of aryl methyl sites for hydroxylation is 4. The molecule has 0 bridgehead atoms. The van der Waals surface area contributed by atoms with Gasteiger partial charge in [0.2, 0.25) is 0 Å². The molecular weight excluding hydrogens is 682 g/mol. The van der Waals surface area contributed by atoms with Crippen molar-refractivity contribution in [3.05, 3.63) is 124 Å². The van der Waals surface area contributed by atoms with Crippen LogP contribution in [-0.2, 0) is 47.7 Å². The summed E-state index contributed by atoms with van der Waals surface area (Å²) in [7, 11) is 7.75. The zero-order valence-electron chi connectivity index (χ0n) is 26.3. The minimum Gasteiger partial charge on any atom is -0.342 e. The quantitative estimate of drug-likeness (QED) is 0.183. The molecule has 47 heavy (non-hydrogen) atoms. The molecule has 9 rings (SSSR count). The maximum Gasteiger partial charge on any atom is 3.00 e. The third-order valence-electron chi connectivity index (χ3n) is 6.37. The molecule has 0 saturated carbocycles. The molecule has 14 nitrogen and oxygen atoms in total. The maximum absolute atomic E-state index is 4.74. The van der Waals surface area contributed by atoms with Crippen LogP contribution in [0.2, 0.25) is 0 Å². The fourth-order valence-electron chi connectivity index (χ4n) is 4.16. The van der Waals surface area contributed by atoms with E-state index in [1.54, 1.807) is 75.0 Å². The molecule has 0 spiro atoms. The molecule has 0 fully saturated rings. The number of benzene rings is 1. The predicted molar refractivity (Wildman–Crippen MR) is 177 cm³/mol. The summed E-state index contributed by atoms with van der Waals surface area (Å²) in [6.45, 7) is 0. The van der Waals surface area contributed by atoms with Crippen molar-refractivity contribution in [2.75, 3.05) is 0 Å². The Morgan fingerprint density at radius 1 is 0.553 bits per heavy atom. The fourth-order valence-corrected chi connectivity index (χ4v) is 4.16. The standard InChI is InChI=1S/C16H10N6.4C4H6N2.Ru/c1-3-9-12(18-5-1)13-10(4-2-6-19-13)15-14(9)21-16(22-15)11-7-17-8-20-11;4*1-6-3-2-5-4-6;/h1-8H,(H,17,20)(H,21,22);4*2-4H,1H3;/q;;;;;+3. The maximum atomic E-state index is 4.74. The average molecular weight is 716 g/mol. The van der Waals surface area contributed by atoms with Gasteiger partial charge in [-0.1, -0.05) is 0 Å². The number of hydrogen-bond acceptors (Lipinski definition) is 8. The second kappa shape index (κ2) is 17.0. The van der Waals surface area contributed by atoms with E-state index in [-0.39, 0.29) is 19.5 Å². The molecule has 0 amide bonds. The van der Waals surface area contributed by atoms with Gasteiger partial charge in [0, 0.05) is 101 Å². The molecule has 2 N–H and O–H groups in total. The Labute approximate surface area is 283 Å². The summed E-state index contributed by atoms with van der Waals surface area (Å²) in [4.78, 5) is 39.4. The molecule has 237 valence electrons. The average Bonchev–Trinajstić information content (AvgIpc) is 3.92. The van der Waals surface area contributed by atoms with Gasteiger partial charge in [-0.25, -0.2) is 29.9 Å². The molecule has 15 heteroatoms. The summed E-state index contributed by atoms with van der Waals surface area (Å²) in [5.41, 5.74) is 4.46. The Hall–Kier alpha value is -5.82. The first-order chi connectivity index (χ1) is 22.5. The summed E-state index contributed by atoms with van der Waals surface area (Å²) in [5.74, 6) is 0.758. The van der Waals surface area contributed by atoms with Crippen LogP contribution in [0.5, 0.6) is 0 Å². The molecule has 0 saturated heterocycles. The van der Waals surface area contributed by atoms with Gasteiger partial charge in [-0.3, -0.25) is 9.97 Å². The van der Waals surface area contributed by atoms with Crippen LogP contribution in [0.1, 0.15) is 0 Å². The molecule has 0 unspecified atom stereocenters. The van der Waals surface area contributed by atoms with Crippen molar-refractivity contribution < 1.29 is 19.5 Å². The van der Waals surface area contributed by atoms with Crippen molar-refractivity contribution in [1.82, 2.24) is 68.1 Å². The summed E-state index contributed by atoms with van der Waals surface area (Å²) in [6.07, 6.45) is 28.5. The van der Waals surface area contributed by atoms with Crippen LogP contribution in [-0.4, -0.2) is 68.1 Å². The van der Waals surface area contributed by atoms with E-state index in [0.717, 1.165) is 44.4 Å². The van der Waals surface area contributed by atoms with Crippen LogP contribution >= 0.6 is 0 Å². The second-order valence-corrected chi connectivity index (χ2v) is 9.99. The fraction of sp³-hybridized carbons (Fsp3) is 0.125. The minimum absolute atomic E-state index is 0. The molecule has 1 aromatic carbocycles. The first-order valence-corrected chi connectivity index (χ1v) is 14.2. The van der Waals surface area contributed by atoms with E-state index in [2.05, 4.69) is 44.9 Å². The van der Waals surface area contributed by atoms with Gasteiger partial charge in [0.1, 0.15) is 5.69 Å². The SMILES string of the molecule is Cn1ccnc1.Cn1ccnc1.Cn1ccnc1.Cn1ccnc1.[Ru+3].c1cnc2c(c1)c1nc(-c3cnc[nH]3)[nH]c1c1cccnc12. The number of nitrogens with one attached hydrogen (secondary N) is 2. The number of nitrogens with zero attached hydrogens (tertiary/aromatic N) is 12. The number of rotatable bonds is 1. The van der Waals surface area contributed by atoms with Crippen LogP contribution in [0, 0.1) is 0 Å². The zero-order chi connectivity index (χ0) is 32.1. The number of aromatic nitrogens is 14. The Morgan fingerprint density at radius 3 is 1.40 bits per heavy atom. The van der Waals surface area contributed by atoms with Gasteiger partial charge in [-0.2, -0.15) is 0 Å². The van der Waals surface area contributed by atoms with E-state index in [1.807, 2.05) is 95.5 Å². The van der Waals surface area contributed by atoms with Gasteiger partial charge < -0.3 is 28.2 Å². The topological polar surface area (TPSA) is 154 Å². The van der Waals surface area contributed by atoms with Crippen molar-refractivity contribution in [2.24, 2.45) is 28.2 Å². The Bertz CT molecular complexity index is 1930. The minimum atomic E-state index is 0. The Balaban J connectivity index is 0.000000163. The summed E-state index contributed by atoms with van der Waals surface area (Å²) in [6, 6.07) is 7.90. The molecule has 0 atom stereocenters. The second-order valence-electron chi connectivity index (χ2n) is 9.99. The molecule has 0 aliphatic heterocycles. The monoisotopic (exact) mass is 716 g/mol. The van der Waals surface area contributed by atoms with Crippen molar-refractivity contribution in [1.29, 1.82) is 0 Å². The molecule has 0 aliphatic rings. The van der Waals surface area contributed by atoms with Crippen molar-refractivity contribution in [2.45, 2.75) is 0 Å². The predicted octanol–water partition coefficient (Wildman–Crippen LogP) is 4.73. The molecule has 1 radical (unpaired) electrons. The summed E-state index contributed by atoms with van der Waals surface area (Å²) >= 11 is 0. The number of fused-ring (bicyclic) bond motifs is 6. The number of imidazole rings is 6. The van der Waals surface area contributed by atoms with Crippen LogP contribution in [0.25, 0.3) is 44.4 Å². The Kier molecular flexibility index (Phi) is 12.3. The normalized spacial score (nSPS) is 9.96. The summed E-state index contributed by atoms with van der Waals surface area (Å²) in [5, 5.41) is 2.01. The van der Waals surface area contributed by atoms with Crippen LogP contribution < -0.4 is 0 Å². The van der Waals surface area contributed by atoms with E-state index >= 15 is 0 Å². The third kappa shape index (κ3) is 9.34. The van der Waals surface area contributed by atoms with Gasteiger partial charge in [-0.05, 0) is 24.3 Å². The Morgan fingerprint density at radius 2 is 1.02 bits per heavy atom. The molecule has 8 heterocycles. The molecule has 8 aromatic heterocycles. The van der Waals surface area contributed by atoms with Crippen molar-refractivity contribution in [3.8, 4) is 11.5 Å². The third-order valence-corrected chi connectivity index (χ3v) is 6.37. The number of aromatic amines is 2. The van der Waals surface area contributed by atoms with Crippen molar-refractivity contribution in [3.63, 3.8) is 0 Å². The smallest absolute Gasteiger partial charge is 0.342 e. The van der Waals surface area contributed by atoms with Gasteiger partial charge in [0.05, 0.1) is 59.9 Å². The zero-order valence-corrected chi connectivity index (χ0v) is 28.0. The van der Waals surface area contributed by atoms with E-state index in [0.29, 0.717) is 0 Å². The number of hydrogen-bond donors (Lipinski definition) is 2. The van der Waals surface area contributed by atoms with E-state index in [9.17, 15) is 0 Å².